The zero-order valence-corrected chi connectivity index (χ0v) is 9.44. The van der Waals surface area contributed by atoms with Crippen molar-refractivity contribution < 1.29 is 19.0 Å². The van der Waals surface area contributed by atoms with E-state index in [0.717, 1.165) is 0 Å². The van der Waals surface area contributed by atoms with Gasteiger partial charge in [0.15, 0.2) is 0 Å². The van der Waals surface area contributed by atoms with Crippen LogP contribution >= 0.6 is 0 Å². The predicted molar refractivity (Wildman–Crippen MR) is 61.7 cm³/mol. The molecule has 94 valence electrons. The second-order valence-electron chi connectivity index (χ2n) is 3.50. The molecular weight excluding hydrogens is 227 g/mol. The fourth-order valence-corrected chi connectivity index (χ4v) is 1.30. The maximum absolute atomic E-state index is 13.0. The maximum atomic E-state index is 13.0. The first-order chi connectivity index (χ1) is 8.04. The monoisotopic (exact) mass is 242 g/mol. The Morgan fingerprint density at radius 1 is 1.65 bits per heavy atom. The zero-order valence-electron chi connectivity index (χ0n) is 9.44. The van der Waals surface area contributed by atoms with Crippen molar-refractivity contribution in [3.8, 4) is 5.75 Å². The first kappa shape index (κ1) is 13.2. The summed E-state index contributed by atoms with van der Waals surface area (Å²) in [5, 5.41) is 11.5. The van der Waals surface area contributed by atoms with Crippen molar-refractivity contribution in [1.29, 1.82) is 0 Å². The number of carboxylic acids is 1. The number of benzene rings is 1. The molecule has 0 amide bonds. The third-order valence-corrected chi connectivity index (χ3v) is 2.25. The number of nitrogens with two attached hydrogens (primary N) is 1. The van der Waals surface area contributed by atoms with Crippen molar-refractivity contribution in [2.45, 2.75) is 12.5 Å². The van der Waals surface area contributed by atoms with Crippen molar-refractivity contribution >= 4 is 11.7 Å². The lowest BCUT2D eigenvalue weighted by Gasteiger charge is -2.12. The molecular formula is C11H15FN2O3. The number of hydrogen-bond donors (Lipinski definition) is 3. The number of rotatable bonds is 6. The van der Waals surface area contributed by atoms with E-state index in [9.17, 15) is 9.18 Å². The molecule has 0 aromatic heterocycles. The standard InChI is InChI=1S/C11H15FN2O3/c1-17-10-3-2-7(12)6-9(10)14-5-4-8(13)11(15)16/h2-3,6,8,14H,4-5,13H2,1H3,(H,15,16). The maximum Gasteiger partial charge on any atom is 0.320 e. The minimum Gasteiger partial charge on any atom is -0.495 e. The number of halogens is 1. The molecule has 0 radical (unpaired) electrons. The van der Waals surface area contributed by atoms with Crippen LogP contribution in [0.3, 0.4) is 0 Å². The van der Waals surface area contributed by atoms with Gasteiger partial charge in [0.1, 0.15) is 17.6 Å². The molecule has 0 saturated heterocycles. The van der Waals surface area contributed by atoms with Crippen molar-refractivity contribution in [2.75, 3.05) is 19.0 Å². The van der Waals surface area contributed by atoms with Crippen LogP contribution < -0.4 is 15.8 Å². The third kappa shape index (κ3) is 3.92. The lowest BCUT2D eigenvalue weighted by atomic mass is 10.2. The van der Waals surface area contributed by atoms with Gasteiger partial charge in [-0.25, -0.2) is 4.39 Å². The second-order valence-corrected chi connectivity index (χ2v) is 3.50. The topological polar surface area (TPSA) is 84.6 Å². The molecule has 4 N–H and O–H groups in total. The number of nitrogens with one attached hydrogen (secondary N) is 1. The van der Waals surface area contributed by atoms with Gasteiger partial charge in [-0.3, -0.25) is 4.79 Å². The van der Waals surface area contributed by atoms with Crippen molar-refractivity contribution in [1.82, 2.24) is 0 Å². The molecule has 1 rings (SSSR count). The van der Waals surface area contributed by atoms with Crippen LogP contribution in [0.1, 0.15) is 6.42 Å². The Bertz CT molecular complexity index is 398. The summed E-state index contributed by atoms with van der Waals surface area (Å²) in [7, 11) is 1.47. The van der Waals surface area contributed by atoms with Crippen LogP contribution in [-0.2, 0) is 4.79 Å². The average Bonchev–Trinajstić information content (AvgIpc) is 2.29. The highest BCUT2D eigenvalue weighted by atomic mass is 19.1. The molecule has 17 heavy (non-hydrogen) atoms. The van der Waals surface area contributed by atoms with Gasteiger partial charge in [-0.05, 0) is 18.6 Å². The Morgan fingerprint density at radius 3 is 2.94 bits per heavy atom. The number of methoxy groups -OCH3 is 1. The summed E-state index contributed by atoms with van der Waals surface area (Å²) in [5.74, 6) is -0.955. The van der Waals surface area contributed by atoms with Crippen LogP contribution in [0.15, 0.2) is 18.2 Å². The van der Waals surface area contributed by atoms with Gasteiger partial charge in [0.25, 0.3) is 0 Å². The van der Waals surface area contributed by atoms with E-state index in [1.165, 1.54) is 25.3 Å². The van der Waals surface area contributed by atoms with Crippen LogP contribution in [0.4, 0.5) is 10.1 Å². The van der Waals surface area contributed by atoms with Crippen LogP contribution in [0, 0.1) is 5.82 Å². The Balaban J connectivity index is 2.56. The van der Waals surface area contributed by atoms with Crippen LogP contribution in [0.25, 0.3) is 0 Å². The van der Waals surface area contributed by atoms with Gasteiger partial charge in [-0.1, -0.05) is 0 Å². The van der Waals surface area contributed by atoms with E-state index in [4.69, 9.17) is 15.6 Å². The summed E-state index contributed by atoms with van der Waals surface area (Å²) in [6.07, 6.45) is 0.245. The van der Waals surface area contributed by atoms with E-state index >= 15 is 0 Å². The summed E-state index contributed by atoms with van der Waals surface area (Å²) < 4.78 is 18.0. The van der Waals surface area contributed by atoms with Gasteiger partial charge in [0.2, 0.25) is 0 Å². The molecule has 0 aliphatic carbocycles. The van der Waals surface area contributed by atoms with Crippen LogP contribution in [0.2, 0.25) is 0 Å². The highest BCUT2D eigenvalue weighted by molar-refractivity contribution is 5.73. The molecule has 0 saturated carbocycles. The minimum atomic E-state index is -1.06. The van der Waals surface area contributed by atoms with Crippen molar-refractivity contribution in [3.63, 3.8) is 0 Å². The minimum absolute atomic E-state index is 0.245. The number of carboxylic acid groups (broad SMARTS) is 1. The molecule has 6 heteroatoms. The SMILES string of the molecule is COc1ccc(F)cc1NCCC(N)C(=O)O. The number of hydrogen-bond acceptors (Lipinski definition) is 4. The lowest BCUT2D eigenvalue weighted by molar-refractivity contribution is -0.138. The number of aliphatic carboxylic acids is 1. The van der Waals surface area contributed by atoms with Crippen molar-refractivity contribution in [2.24, 2.45) is 5.73 Å². The van der Waals surface area contributed by atoms with E-state index < -0.39 is 17.8 Å². The van der Waals surface area contributed by atoms with Gasteiger partial charge in [-0.15, -0.1) is 0 Å². The summed E-state index contributed by atoms with van der Waals surface area (Å²) in [4.78, 5) is 10.5. The lowest BCUT2D eigenvalue weighted by Crippen LogP contribution is -2.32. The molecule has 1 aromatic rings. The largest absolute Gasteiger partial charge is 0.495 e. The molecule has 0 fully saturated rings. The normalized spacial score (nSPS) is 11.9. The van der Waals surface area contributed by atoms with E-state index in [1.54, 1.807) is 0 Å². The molecule has 5 nitrogen and oxygen atoms in total. The average molecular weight is 242 g/mol. The zero-order chi connectivity index (χ0) is 12.8. The van der Waals surface area contributed by atoms with Gasteiger partial charge >= 0.3 is 5.97 Å². The van der Waals surface area contributed by atoms with Crippen LogP contribution in [0.5, 0.6) is 5.75 Å². The van der Waals surface area contributed by atoms with E-state index in [2.05, 4.69) is 5.32 Å². The molecule has 0 aliphatic heterocycles. The molecule has 1 aromatic carbocycles. The fourth-order valence-electron chi connectivity index (χ4n) is 1.30. The molecule has 0 spiro atoms. The highest BCUT2D eigenvalue weighted by Gasteiger charge is 2.11. The van der Waals surface area contributed by atoms with Gasteiger partial charge < -0.3 is 20.9 Å². The quantitative estimate of drug-likeness (QED) is 0.694. The molecule has 0 heterocycles. The van der Waals surface area contributed by atoms with Gasteiger partial charge in [0.05, 0.1) is 12.8 Å². The molecule has 1 atom stereocenters. The van der Waals surface area contributed by atoms with Crippen LogP contribution in [-0.4, -0.2) is 30.8 Å². The molecule has 0 aliphatic rings. The first-order valence-corrected chi connectivity index (χ1v) is 5.10. The fraction of sp³-hybridized carbons (Fsp3) is 0.364. The number of ether oxygens (including phenoxy) is 1. The molecule has 1 unspecified atom stereocenters. The van der Waals surface area contributed by atoms with E-state index in [-0.39, 0.29) is 6.42 Å². The Morgan fingerprint density at radius 2 is 2.35 bits per heavy atom. The summed E-state index contributed by atoms with van der Waals surface area (Å²) in [6, 6.07) is 3.13. The van der Waals surface area contributed by atoms with Gasteiger partial charge in [0, 0.05) is 12.6 Å². The summed E-state index contributed by atoms with van der Waals surface area (Å²) >= 11 is 0. The third-order valence-electron chi connectivity index (χ3n) is 2.25. The Labute approximate surface area is 98.4 Å². The first-order valence-electron chi connectivity index (χ1n) is 5.10. The predicted octanol–water partition coefficient (Wildman–Crippen LogP) is 1.05. The Kier molecular flexibility index (Phi) is 4.71. The smallest absolute Gasteiger partial charge is 0.320 e. The molecule has 0 bridgehead atoms. The number of anilines is 1. The highest BCUT2D eigenvalue weighted by Crippen LogP contribution is 2.24. The van der Waals surface area contributed by atoms with Crippen molar-refractivity contribution in [3.05, 3.63) is 24.0 Å². The Hall–Kier alpha value is -1.82. The van der Waals surface area contributed by atoms with E-state index in [0.29, 0.717) is 18.0 Å². The summed E-state index contributed by atoms with van der Waals surface area (Å²) in [5.41, 5.74) is 5.81. The van der Waals surface area contributed by atoms with E-state index in [1.807, 2.05) is 0 Å². The number of carbonyl (C=O) groups is 1. The summed E-state index contributed by atoms with van der Waals surface area (Å²) in [6.45, 7) is 0.327. The second kappa shape index (κ2) is 6.05. The van der Waals surface area contributed by atoms with Gasteiger partial charge in [-0.2, -0.15) is 0 Å².